The summed E-state index contributed by atoms with van der Waals surface area (Å²) in [4.78, 5) is 47.8. The summed E-state index contributed by atoms with van der Waals surface area (Å²) in [6, 6.07) is -4.77. The Morgan fingerprint density at radius 1 is 0.814 bits per heavy atom. The molecule has 2 aliphatic rings. The molecule has 2 heterocycles. The lowest BCUT2D eigenvalue weighted by molar-refractivity contribution is -0.328. The summed E-state index contributed by atoms with van der Waals surface area (Å²) in [6.07, 6.45) is -11.2. The Morgan fingerprint density at radius 3 is 1.91 bits per heavy atom. The minimum atomic E-state index is -1.68. The van der Waals surface area contributed by atoms with E-state index in [1.54, 1.807) is 6.92 Å². The molecule has 4 unspecified atom stereocenters. The summed E-state index contributed by atoms with van der Waals surface area (Å²) in [7, 11) is 0. The van der Waals surface area contributed by atoms with Crippen molar-refractivity contribution in [1.29, 1.82) is 0 Å². The number of carbonyl (C=O) groups is 4. The Morgan fingerprint density at radius 2 is 1.40 bits per heavy atom. The van der Waals surface area contributed by atoms with Gasteiger partial charge in [-0.2, -0.15) is 0 Å². The van der Waals surface area contributed by atoms with E-state index in [4.69, 9.17) is 23.7 Å². The van der Waals surface area contributed by atoms with Crippen LogP contribution in [0.2, 0.25) is 0 Å². The van der Waals surface area contributed by atoms with Gasteiger partial charge in [-0.25, -0.2) is 0 Å². The molecule has 0 bridgehead atoms. The van der Waals surface area contributed by atoms with Crippen molar-refractivity contribution in [2.24, 2.45) is 0 Å². The van der Waals surface area contributed by atoms with Gasteiger partial charge in [0.2, 0.25) is 23.6 Å². The molecule has 18 heteroatoms. The summed E-state index contributed by atoms with van der Waals surface area (Å²) in [5.74, 6) is -2.21. The van der Waals surface area contributed by atoms with Crippen molar-refractivity contribution < 1.29 is 68.4 Å². The molecule has 0 aromatic carbocycles. The summed E-state index contributed by atoms with van der Waals surface area (Å²) in [6.45, 7) is 4.16. The van der Waals surface area contributed by atoms with Crippen LogP contribution >= 0.6 is 0 Å². The molecule has 0 radical (unpaired) electrons. The SMILES string of the molecule is CC(=O)NC1[C@@H](O[C@H]2C(NC(C)=O)[C@H](O)OC(C)[C@H]2NC(C)=O)OC(CO)[C@H](O[C@@H](OCCO)[C@H](CO)NC(C)=O)[C@@H]1O. The van der Waals surface area contributed by atoms with Crippen molar-refractivity contribution in [2.75, 3.05) is 26.4 Å². The van der Waals surface area contributed by atoms with Gasteiger partial charge in [-0.05, 0) is 6.92 Å². The van der Waals surface area contributed by atoms with E-state index in [0.717, 1.165) is 6.92 Å². The van der Waals surface area contributed by atoms with Gasteiger partial charge < -0.3 is 70.5 Å². The lowest BCUT2D eigenvalue weighted by Crippen LogP contribution is -2.71. The van der Waals surface area contributed by atoms with E-state index < -0.39 is 117 Å². The minimum absolute atomic E-state index is 0.283. The van der Waals surface area contributed by atoms with Crippen LogP contribution in [0.1, 0.15) is 34.6 Å². The Balaban J connectivity index is 2.46. The lowest BCUT2D eigenvalue weighted by Gasteiger charge is -2.49. The van der Waals surface area contributed by atoms with Gasteiger partial charge in [-0.15, -0.1) is 0 Å². The first kappa shape index (κ1) is 36.7. The van der Waals surface area contributed by atoms with Crippen molar-refractivity contribution in [3.05, 3.63) is 0 Å². The van der Waals surface area contributed by atoms with Crippen LogP contribution in [-0.2, 0) is 42.9 Å². The number of nitrogens with one attached hydrogen (secondary N) is 4. The highest BCUT2D eigenvalue weighted by Crippen LogP contribution is 2.31. The Hall–Kier alpha value is -2.52. The first-order valence-corrected chi connectivity index (χ1v) is 13.7. The van der Waals surface area contributed by atoms with Gasteiger partial charge in [0, 0.05) is 27.7 Å². The molecule has 43 heavy (non-hydrogen) atoms. The number of hydrogen-bond acceptors (Lipinski definition) is 14. The second-order valence-electron chi connectivity index (χ2n) is 10.3. The van der Waals surface area contributed by atoms with Crippen LogP contribution in [0.5, 0.6) is 0 Å². The van der Waals surface area contributed by atoms with Gasteiger partial charge in [-0.1, -0.05) is 0 Å². The van der Waals surface area contributed by atoms with E-state index in [-0.39, 0.29) is 6.61 Å². The second kappa shape index (κ2) is 17.1. The number of aliphatic hydroxyl groups is 5. The predicted octanol–water partition coefficient (Wildman–Crippen LogP) is -5.08. The van der Waals surface area contributed by atoms with E-state index in [1.807, 2.05) is 0 Å². The summed E-state index contributed by atoms with van der Waals surface area (Å²) in [5, 5.41) is 61.4. The monoisotopic (exact) mass is 624 g/mol. The Labute approximate surface area is 248 Å². The largest absolute Gasteiger partial charge is 0.394 e. The molecule has 0 aliphatic carbocycles. The fourth-order valence-electron chi connectivity index (χ4n) is 4.96. The first-order chi connectivity index (χ1) is 20.2. The molecule has 0 aromatic heterocycles. The van der Waals surface area contributed by atoms with Gasteiger partial charge >= 0.3 is 0 Å². The molecule has 2 aliphatic heterocycles. The highest BCUT2D eigenvalue weighted by atomic mass is 16.7. The van der Waals surface area contributed by atoms with Gasteiger partial charge in [0.15, 0.2) is 18.9 Å². The third-order valence-electron chi connectivity index (χ3n) is 6.71. The zero-order valence-corrected chi connectivity index (χ0v) is 24.7. The predicted molar refractivity (Wildman–Crippen MR) is 142 cm³/mol. The molecule has 9 N–H and O–H groups in total. The van der Waals surface area contributed by atoms with E-state index in [9.17, 15) is 44.7 Å². The van der Waals surface area contributed by atoms with E-state index in [2.05, 4.69) is 21.3 Å². The van der Waals surface area contributed by atoms with Gasteiger partial charge in [0.25, 0.3) is 0 Å². The number of rotatable bonds is 14. The quantitative estimate of drug-likeness (QED) is 0.0819. The van der Waals surface area contributed by atoms with Crippen LogP contribution < -0.4 is 21.3 Å². The van der Waals surface area contributed by atoms with Crippen molar-refractivity contribution in [3.8, 4) is 0 Å². The Bertz CT molecular complexity index is 916. The number of amides is 4. The normalized spacial score (nSPS) is 34.0. The van der Waals surface area contributed by atoms with Gasteiger partial charge in [-0.3, -0.25) is 19.2 Å². The average Bonchev–Trinajstić information content (AvgIpc) is 2.91. The summed E-state index contributed by atoms with van der Waals surface area (Å²) in [5.41, 5.74) is 0. The highest BCUT2D eigenvalue weighted by Gasteiger charge is 2.52. The number of hydrogen-bond donors (Lipinski definition) is 9. The van der Waals surface area contributed by atoms with Crippen LogP contribution in [0.4, 0.5) is 0 Å². The molecule has 0 saturated carbocycles. The number of carbonyl (C=O) groups excluding carboxylic acids is 4. The molecule has 0 aromatic rings. The molecule has 4 amide bonds. The van der Waals surface area contributed by atoms with Gasteiger partial charge in [0.1, 0.15) is 42.5 Å². The van der Waals surface area contributed by atoms with Crippen LogP contribution in [0.3, 0.4) is 0 Å². The smallest absolute Gasteiger partial charge is 0.217 e. The van der Waals surface area contributed by atoms with Crippen molar-refractivity contribution in [2.45, 2.75) is 108 Å². The van der Waals surface area contributed by atoms with Crippen LogP contribution in [-0.4, -0.2) is 149 Å². The zero-order chi connectivity index (χ0) is 32.4. The van der Waals surface area contributed by atoms with Crippen LogP contribution in [0.25, 0.3) is 0 Å². The first-order valence-electron chi connectivity index (χ1n) is 13.7. The fourth-order valence-corrected chi connectivity index (χ4v) is 4.96. The van der Waals surface area contributed by atoms with Crippen molar-refractivity contribution in [1.82, 2.24) is 21.3 Å². The maximum Gasteiger partial charge on any atom is 0.217 e. The molecule has 2 saturated heterocycles. The minimum Gasteiger partial charge on any atom is -0.394 e. The lowest BCUT2D eigenvalue weighted by atomic mass is 9.93. The molecule has 0 spiro atoms. The van der Waals surface area contributed by atoms with Crippen molar-refractivity contribution >= 4 is 23.6 Å². The zero-order valence-electron chi connectivity index (χ0n) is 24.7. The standard InChI is InChI=1S/C25H44N4O14/c1-10-17(27-12(3)34)22(19(23(38)40-10)29-14(5)36)43-25-18(28-13(4)35)20(37)21(16(9-32)41-25)42-24(39-7-6-30)15(8-31)26-11(2)33/h10,15-25,30-32,37-38H,6-9H2,1-5H3,(H,26,33)(H,27,34)(H,28,35)(H,29,36)/t10?,15-,16?,17+,18?,19?,20+,21-,22+,23+,24+,25+/m0/s1. The summed E-state index contributed by atoms with van der Waals surface area (Å²) >= 11 is 0. The van der Waals surface area contributed by atoms with Crippen LogP contribution in [0.15, 0.2) is 0 Å². The topological polar surface area (TPSA) is 264 Å². The maximum atomic E-state index is 12.2. The van der Waals surface area contributed by atoms with Crippen molar-refractivity contribution in [3.63, 3.8) is 0 Å². The molecule has 12 atom stereocenters. The molecule has 2 fully saturated rings. The third kappa shape index (κ3) is 10.3. The Kier molecular flexibility index (Phi) is 14.6. The fraction of sp³-hybridized carbons (Fsp3) is 0.840. The molecular formula is C25H44N4O14. The molecular weight excluding hydrogens is 580 g/mol. The number of ether oxygens (including phenoxy) is 5. The molecule has 248 valence electrons. The second-order valence-corrected chi connectivity index (χ2v) is 10.3. The van der Waals surface area contributed by atoms with E-state index in [1.165, 1.54) is 20.8 Å². The third-order valence-corrected chi connectivity index (χ3v) is 6.71. The molecule has 18 nitrogen and oxygen atoms in total. The maximum absolute atomic E-state index is 12.2. The average molecular weight is 625 g/mol. The van der Waals surface area contributed by atoms with E-state index in [0.29, 0.717) is 0 Å². The van der Waals surface area contributed by atoms with Gasteiger partial charge in [0.05, 0.1) is 38.6 Å². The summed E-state index contributed by atoms with van der Waals surface area (Å²) < 4.78 is 28.9. The van der Waals surface area contributed by atoms with Crippen LogP contribution in [0, 0.1) is 0 Å². The van der Waals surface area contributed by atoms with E-state index >= 15 is 0 Å². The molecule has 2 rings (SSSR count). The highest BCUT2D eigenvalue weighted by molar-refractivity contribution is 5.74. The number of aliphatic hydroxyl groups excluding tert-OH is 5.